The zero-order chi connectivity index (χ0) is 22.5. The van der Waals surface area contributed by atoms with Gasteiger partial charge >= 0.3 is 0 Å². The molecule has 168 valence electrons. The highest BCUT2D eigenvalue weighted by atomic mass is 16.1. The SMILES string of the molecule is Cc1nn(C(C)(C)C)c2nc(C3CC3)cc(C(=O)Nc3ccc(N4CCCCC4)cn3)c12. The molecule has 1 amide bonds. The lowest BCUT2D eigenvalue weighted by molar-refractivity contribution is 0.102. The van der Waals surface area contributed by atoms with Gasteiger partial charge in [-0.05, 0) is 78.0 Å². The molecule has 2 fully saturated rings. The number of hydrogen-bond donors (Lipinski definition) is 1. The second-order valence-electron chi connectivity index (χ2n) is 10.1. The number of aryl methyl sites for hydroxylation is 1. The lowest BCUT2D eigenvalue weighted by Crippen LogP contribution is -2.29. The molecule has 3 aromatic heterocycles. The average molecular weight is 433 g/mol. The molecule has 0 aromatic carbocycles. The summed E-state index contributed by atoms with van der Waals surface area (Å²) in [6, 6.07) is 5.90. The Morgan fingerprint density at radius 3 is 2.50 bits per heavy atom. The van der Waals surface area contributed by atoms with E-state index >= 15 is 0 Å². The van der Waals surface area contributed by atoms with E-state index in [0.29, 0.717) is 17.3 Å². The van der Waals surface area contributed by atoms with Gasteiger partial charge in [0.1, 0.15) is 5.82 Å². The minimum absolute atomic E-state index is 0.158. The second-order valence-corrected chi connectivity index (χ2v) is 10.1. The molecule has 1 saturated carbocycles. The van der Waals surface area contributed by atoms with E-state index in [0.717, 1.165) is 54.0 Å². The molecule has 0 spiro atoms. The minimum atomic E-state index is -0.221. The van der Waals surface area contributed by atoms with Crippen molar-refractivity contribution in [2.24, 2.45) is 0 Å². The molecule has 0 bridgehead atoms. The summed E-state index contributed by atoms with van der Waals surface area (Å²) in [4.78, 5) is 25.2. The number of rotatable bonds is 4. The second kappa shape index (κ2) is 7.87. The Morgan fingerprint density at radius 2 is 1.88 bits per heavy atom. The molecule has 5 rings (SSSR count). The van der Waals surface area contributed by atoms with Crippen LogP contribution in [-0.4, -0.2) is 38.7 Å². The number of nitrogens with zero attached hydrogens (tertiary/aromatic N) is 5. The number of carbonyl (C=O) groups excluding carboxylic acids is 1. The number of piperidine rings is 1. The van der Waals surface area contributed by atoms with Gasteiger partial charge < -0.3 is 10.2 Å². The molecular weight excluding hydrogens is 400 g/mol. The van der Waals surface area contributed by atoms with Crippen LogP contribution in [0.1, 0.15) is 80.5 Å². The van der Waals surface area contributed by atoms with Gasteiger partial charge in [0.25, 0.3) is 5.91 Å². The molecule has 2 aliphatic rings. The van der Waals surface area contributed by atoms with Gasteiger partial charge in [0.05, 0.1) is 34.1 Å². The summed E-state index contributed by atoms with van der Waals surface area (Å²) in [5.74, 6) is 0.847. The largest absolute Gasteiger partial charge is 0.370 e. The van der Waals surface area contributed by atoms with Crippen molar-refractivity contribution >= 4 is 28.4 Å². The highest BCUT2D eigenvalue weighted by Crippen LogP contribution is 2.41. The maximum atomic E-state index is 13.4. The van der Waals surface area contributed by atoms with E-state index in [4.69, 9.17) is 10.1 Å². The van der Waals surface area contributed by atoms with E-state index in [1.165, 1.54) is 19.3 Å². The van der Waals surface area contributed by atoms with Crippen molar-refractivity contribution in [2.75, 3.05) is 23.3 Å². The fourth-order valence-electron chi connectivity index (χ4n) is 4.53. The Hall–Kier alpha value is -2.96. The third kappa shape index (κ3) is 3.96. The predicted molar refractivity (Wildman–Crippen MR) is 127 cm³/mol. The highest BCUT2D eigenvalue weighted by molar-refractivity contribution is 6.12. The molecule has 1 aliphatic heterocycles. The Kier molecular flexibility index (Phi) is 5.14. The van der Waals surface area contributed by atoms with Crippen LogP contribution in [0.15, 0.2) is 24.4 Å². The van der Waals surface area contributed by atoms with Gasteiger partial charge in [0, 0.05) is 24.7 Å². The van der Waals surface area contributed by atoms with Crippen LogP contribution >= 0.6 is 0 Å². The molecule has 3 aromatic rings. The fraction of sp³-hybridized carbons (Fsp3) is 0.520. The topological polar surface area (TPSA) is 75.9 Å². The number of carbonyl (C=O) groups is 1. The van der Waals surface area contributed by atoms with Gasteiger partial charge in [-0.15, -0.1) is 0 Å². The molecule has 1 saturated heterocycles. The fourth-order valence-corrected chi connectivity index (χ4v) is 4.53. The molecular formula is C25H32N6O. The van der Waals surface area contributed by atoms with Crippen LogP contribution in [0.3, 0.4) is 0 Å². The molecule has 0 unspecified atom stereocenters. The number of fused-ring (bicyclic) bond motifs is 1. The van der Waals surface area contributed by atoms with Crippen LogP contribution in [0.5, 0.6) is 0 Å². The van der Waals surface area contributed by atoms with Crippen LogP contribution in [0.4, 0.5) is 11.5 Å². The summed E-state index contributed by atoms with van der Waals surface area (Å²) < 4.78 is 1.95. The van der Waals surface area contributed by atoms with Crippen molar-refractivity contribution in [3.8, 4) is 0 Å². The van der Waals surface area contributed by atoms with Gasteiger partial charge in [0.2, 0.25) is 0 Å². The lowest BCUT2D eigenvalue weighted by atomic mass is 10.1. The third-order valence-corrected chi connectivity index (χ3v) is 6.42. The summed E-state index contributed by atoms with van der Waals surface area (Å²) >= 11 is 0. The van der Waals surface area contributed by atoms with E-state index < -0.39 is 0 Å². The molecule has 7 nitrogen and oxygen atoms in total. The number of anilines is 2. The van der Waals surface area contributed by atoms with Gasteiger partial charge in [0.15, 0.2) is 5.65 Å². The molecule has 0 atom stereocenters. The smallest absolute Gasteiger partial charge is 0.257 e. The van der Waals surface area contributed by atoms with Crippen molar-refractivity contribution < 1.29 is 4.79 Å². The maximum absolute atomic E-state index is 13.4. The van der Waals surface area contributed by atoms with Crippen LogP contribution < -0.4 is 10.2 Å². The first-order valence-electron chi connectivity index (χ1n) is 11.7. The van der Waals surface area contributed by atoms with Crippen molar-refractivity contribution in [3.63, 3.8) is 0 Å². The lowest BCUT2D eigenvalue weighted by Gasteiger charge is -2.28. The maximum Gasteiger partial charge on any atom is 0.257 e. The van der Waals surface area contributed by atoms with Crippen LogP contribution in [0.2, 0.25) is 0 Å². The summed E-state index contributed by atoms with van der Waals surface area (Å²) in [5.41, 5.74) is 4.13. The van der Waals surface area contributed by atoms with Crippen molar-refractivity contribution in [1.29, 1.82) is 0 Å². The first-order valence-corrected chi connectivity index (χ1v) is 11.7. The summed E-state index contributed by atoms with van der Waals surface area (Å²) in [7, 11) is 0. The number of pyridine rings is 2. The van der Waals surface area contributed by atoms with Crippen LogP contribution in [-0.2, 0) is 5.54 Å². The Balaban J connectivity index is 1.47. The average Bonchev–Trinajstić information content (AvgIpc) is 3.57. The van der Waals surface area contributed by atoms with Gasteiger partial charge in [-0.25, -0.2) is 14.6 Å². The number of hydrogen-bond acceptors (Lipinski definition) is 5. The highest BCUT2D eigenvalue weighted by Gasteiger charge is 2.30. The standard InChI is InChI=1S/C25H32N6O/c1-16-22-19(14-20(17-8-9-17)27-23(22)31(29-16)25(2,3)4)24(32)28-21-11-10-18(15-26-21)30-12-6-5-7-13-30/h10-11,14-15,17H,5-9,12-13H2,1-4H3,(H,26,28,32). The van der Waals surface area contributed by atoms with Gasteiger partial charge in [-0.1, -0.05) is 0 Å². The normalized spacial score (nSPS) is 17.1. The molecule has 32 heavy (non-hydrogen) atoms. The first-order chi connectivity index (χ1) is 15.3. The van der Waals surface area contributed by atoms with E-state index in [-0.39, 0.29) is 11.4 Å². The van der Waals surface area contributed by atoms with Crippen molar-refractivity contribution in [2.45, 2.75) is 71.3 Å². The van der Waals surface area contributed by atoms with Crippen LogP contribution in [0, 0.1) is 6.92 Å². The molecule has 1 aliphatic carbocycles. The van der Waals surface area contributed by atoms with Crippen LogP contribution in [0.25, 0.3) is 11.0 Å². The van der Waals surface area contributed by atoms with Crippen molar-refractivity contribution in [1.82, 2.24) is 19.7 Å². The third-order valence-electron chi connectivity index (χ3n) is 6.42. The number of amides is 1. The molecule has 1 N–H and O–H groups in total. The van der Waals surface area contributed by atoms with E-state index in [9.17, 15) is 4.79 Å². The first kappa shape index (κ1) is 20.9. The zero-order valence-corrected chi connectivity index (χ0v) is 19.5. The van der Waals surface area contributed by atoms with Gasteiger partial charge in [-0.3, -0.25) is 4.79 Å². The van der Waals surface area contributed by atoms with Crippen molar-refractivity contribution in [3.05, 3.63) is 41.3 Å². The van der Waals surface area contributed by atoms with E-state index in [1.54, 1.807) is 0 Å². The monoisotopic (exact) mass is 432 g/mol. The molecule has 4 heterocycles. The van der Waals surface area contributed by atoms with E-state index in [2.05, 4.69) is 42.0 Å². The predicted octanol–water partition coefficient (Wildman–Crippen LogP) is 5.01. The summed E-state index contributed by atoms with van der Waals surface area (Å²) in [5, 5.41) is 8.58. The number of nitrogens with one attached hydrogen (secondary N) is 1. The Morgan fingerprint density at radius 1 is 1.12 bits per heavy atom. The molecule has 0 radical (unpaired) electrons. The zero-order valence-electron chi connectivity index (χ0n) is 19.5. The minimum Gasteiger partial charge on any atom is -0.370 e. The Bertz CT molecular complexity index is 1150. The van der Waals surface area contributed by atoms with E-state index in [1.807, 2.05) is 29.9 Å². The number of aromatic nitrogens is 4. The quantitative estimate of drug-likeness (QED) is 0.627. The Labute approximate surface area is 189 Å². The molecule has 7 heteroatoms. The summed E-state index contributed by atoms with van der Waals surface area (Å²) in [6.07, 6.45) is 7.86. The van der Waals surface area contributed by atoms with Gasteiger partial charge in [-0.2, -0.15) is 5.10 Å². The summed E-state index contributed by atoms with van der Waals surface area (Å²) in [6.45, 7) is 10.4.